The summed E-state index contributed by atoms with van der Waals surface area (Å²) in [5.41, 5.74) is 2.88. The van der Waals surface area contributed by atoms with E-state index < -0.39 is 0 Å². The van der Waals surface area contributed by atoms with Crippen molar-refractivity contribution in [3.05, 3.63) is 53.5 Å². The molecule has 0 atom stereocenters. The molecule has 0 N–H and O–H groups in total. The van der Waals surface area contributed by atoms with Crippen LogP contribution in [0.3, 0.4) is 0 Å². The highest BCUT2D eigenvalue weighted by Gasteiger charge is 1.99. The molecular weight excluding hydrogens is 230 g/mol. The van der Waals surface area contributed by atoms with E-state index in [0.717, 1.165) is 10.8 Å². The van der Waals surface area contributed by atoms with Crippen molar-refractivity contribution in [2.45, 2.75) is 17.7 Å². The van der Waals surface area contributed by atoms with Crippen molar-refractivity contribution in [2.24, 2.45) is 0 Å². The van der Waals surface area contributed by atoms with Gasteiger partial charge in [-0.1, -0.05) is 29.8 Å². The molecule has 1 aromatic carbocycles. The molecule has 0 aliphatic heterocycles. The Kier molecular flexibility index (Phi) is 3.73. The van der Waals surface area contributed by atoms with Gasteiger partial charge >= 0.3 is 0 Å². The minimum absolute atomic E-state index is 0.352. The fraction of sp³-hybridized carbons (Fsp3) is 0.154. The molecule has 0 saturated heterocycles. The normalized spacial score (nSPS) is 9.88. The Hall–Kier alpha value is -1.86. The number of benzene rings is 1. The zero-order chi connectivity index (χ0) is 12.1. The number of thioether (sulfide) groups is 1. The number of hydrogen-bond acceptors (Lipinski definition) is 4. The Balaban J connectivity index is 2.00. The SMILES string of the molecule is Cc1cccc(CSc2cnc(C#N)cn2)c1. The highest BCUT2D eigenvalue weighted by Crippen LogP contribution is 2.20. The third kappa shape index (κ3) is 3.30. The van der Waals surface area contributed by atoms with Gasteiger partial charge in [-0.05, 0) is 12.5 Å². The number of nitrogens with zero attached hydrogens (tertiary/aromatic N) is 3. The fourth-order valence-corrected chi connectivity index (χ4v) is 2.16. The molecule has 0 fully saturated rings. The maximum atomic E-state index is 8.61. The van der Waals surface area contributed by atoms with Gasteiger partial charge in [0.25, 0.3) is 0 Å². The van der Waals surface area contributed by atoms with Crippen LogP contribution in [-0.4, -0.2) is 9.97 Å². The van der Waals surface area contributed by atoms with Crippen LogP contribution in [0.15, 0.2) is 41.7 Å². The number of aromatic nitrogens is 2. The van der Waals surface area contributed by atoms with E-state index in [1.165, 1.54) is 17.3 Å². The Morgan fingerprint density at radius 3 is 2.82 bits per heavy atom. The summed E-state index contributed by atoms with van der Waals surface area (Å²) in [7, 11) is 0. The Bertz CT molecular complexity index is 543. The summed E-state index contributed by atoms with van der Waals surface area (Å²) in [5, 5.41) is 9.45. The van der Waals surface area contributed by atoms with Crippen LogP contribution in [0.4, 0.5) is 0 Å². The van der Waals surface area contributed by atoms with E-state index in [1.807, 2.05) is 6.07 Å². The van der Waals surface area contributed by atoms with Gasteiger partial charge in [-0.2, -0.15) is 5.26 Å². The Morgan fingerprint density at radius 1 is 1.29 bits per heavy atom. The third-order valence-corrected chi connectivity index (χ3v) is 3.20. The van der Waals surface area contributed by atoms with Gasteiger partial charge in [-0.3, -0.25) is 0 Å². The van der Waals surface area contributed by atoms with Crippen molar-refractivity contribution < 1.29 is 0 Å². The molecule has 17 heavy (non-hydrogen) atoms. The number of rotatable bonds is 3. The van der Waals surface area contributed by atoms with Gasteiger partial charge in [0, 0.05) is 5.75 Å². The summed E-state index contributed by atoms with van der Waals surface area (Å²) in [4.78, 5) is 8.15. The summed E-state index contributed by atoms with van der Waals surface area (Å²) in [5.74, 6) is 0.863. The molecule has 3 nitrogen and oxygen atoms in total. The summed E-state index contributed by atoms with van der Waals surface area (Å²) in [6, 6.07) is 10.3. The number of aryl methyl sites for hydroxylation is 1. The first-order valence-corrected chi connectivity index (χ1v) is 6.17. The monoisotopic (exact) mass is 241 g/mol. The van der Waals surface area contributed by atoms with Crippen LogP contribution in [-0.2, 0) is 5.75 Å². The predicted molar refractivity (Wildman–Crippen MR) is 67.5 cm³/mol. The van der Waals surface area contributed by atoms with E-state index in [0.29, 0.717) is 5.69 Å². The molecular formula is C13H11N3S. The summed E-state index contributed by atoms with van der Waals surface area (Å²) in [6.07, 6.45) is 3.14. The van der Waals surface area contributed by atoms with Crippen LogP contribution < -0.4 is 0 Å². The molecule has 0 radical (unpaired) electrons. The molecule has 0 saturated carbocycles. The predicted octanol–water partition coefficient (Wildman–Crippen LogP) is 2.95. The largest absolute Gasteiger partial charge is 0.245 e. The van der Waals surface area contributed by atoms with Crippen molar-refractivity contribution in [1.29, 1.82) is 5.26 Å². The smallest absolute Gasteiger partial charge is 0.158 e. The Morgan fingerprint density at radius 2 is 2.18 bits per heavy atom. The number of hydrogen-bond donors (Lipinski definition) is 0. The van der Waals surface area contributed by atoms with E-state index in [4.69, 9.17) is 5.26 Å². The second-order valence-electron chi connectivity index (χ2n) is 3.63. The van der Waals surface area contributed by atoms with Crippen LogP contribution in [0.25, 0.3) is 0 Å². The molecule has 0 unspecified atom stereocenters. The molecule has 2 aromatic rings. The van der Waals surface area contributed by atoms with Gasteiger partial charge in [0.2, 0.25) is 0 Å². The van der Waals surface area contributed by atoms with E-state index in [-0.39, 0.29) is 0 Å². The maximum absolute atomic E-state index is 8.61. The lowest BCUT2D eigenvalue weighted by atomic mass is 10.2. The fourth-order valence-electron chi connectivity index (χ4n) is 1.41. The van der Waals surface area contributed by atoms with Gasteiger partial charge in [0.1, 0.15) is 11.1 Å². The van der Waals surface area contributed by atoms with Crippen LogP contribution in [0.2, 0.25) is 0 Å². The lowest BCUT2D eigenvalue weighted by Crippen LogP contribution is -1.88. The maximum Gasteiger partial charge on any atom is 0.158 e. The zero-order valence-electron chi connectivity index (χ0n) is 9.42. The summed E-state index contributed by atoms with van der Waals surface area (Å²) >= 11 is 1.62. The highest BCUT2D eigenvalue weighted by atomic mass is 32.2. The molecule has 84 valence electrons. The van der Waals surface area contributed by atoms with Gasteiger partial charge < -0.3 is 0 Å². The molecule has 2 rings (SSSR count). The first-order chi connectivity index (χ1) is 8.28. The highest BCUT2D eigenvalue weighted by molar-refractivity contribution is 7.98. The zero-order valence-corrected chi connectivity index (χ0v) is 10.2. The lowest BCUT2D eigenvalue weighted by Gasteiger charge is -2.02. The molecule has 0 amide bonds. The molecule has 1 heterocycles. The first-order valence-electron chi connectivity index (χ1n) is 5.18. The Labute approximate surface area is 105 Å². The van der Waals surface area contributed by atoms with Gasteiger partial charge in [0.15, 0.2) is 5.69 Å². The average Bonchev–Trinajstić information content (AvgIpc) is 2.37. The van der Waals surface area contributed by atoms with Crippen LogP contribution in [0.5, 0.6) is 0 Å². The molecule has 1 aromatic heterocycles. The second kappa shape index (κ2) is 5.46. The molecule has 0 bridgehead atoms. The summed E-state index contributed by atoms with van der Waals surface area (Å²) < 4.78 is 0. The quantitative estimate of drug-likeness (QED) is 0.775. The molecule has 4 heteroatoms. The van der Waals surface area contributed by atoms with E-state index in [9.17, 15) is 0 Å². The van der Waals surface area contributed by atoms with Crippen molar-refractivity contribution >= 4 is 11.8 Å². The van der Waals surface area contributed by atoms with Crippen molar-refractivity contribution in [1.82, 2.24) is 9.97 Å². The van der Waals surface area contributed by atoms with Crippen molar-refractivity contribution in [3.8, 4) is 6.07 Å². The van der Waals surface area contributed by atoms with Gasteiger partial charge in [0.05, 0.1) is 12.4 Å². The van der Waals surface area contributed by atoms with Crippen LogP contribution in [0.1, 0.15) is 16.8 Å². The van der Waals surface area contributed by atoms with E-state index in [1.54, 1.807) is 18.0 Å². The lowest BCUT2D eigenvalue weighted by molar-refractivity contribution is 1.04. The minimum atomic E-state index is 0.352. The average molecular weight is 241 g/mol. The van der Waals surface area contributed by atoms with E-state index in [2.05, 4.69) is 41.2 Å². The molecule has 0 aliphatic rings. The minimum Gasteiger partial charge on any atom is -0.245 e. The topological polar surface area (TPSA) is 49.6 Å². The van der Waals surface area contributed by atoms with Gasteiger partial charge in [-0.15, -0.1) is 11.8 Å². The molecule has 0 spiro atoms. The first kappa shape index (κ1) is 11.6. The van der Waals surface area contributed by atoms with Gasteiger partial charge in [-0.25, -0.2) is 9.97 Å². The standard InChI is InChI=1S/C13H11N3S/c1-10-3-2-4-11(5-10)9-17-13-8-15-12(6-14)7-16-13/h2-5,7-8H,9H2,1H3. The van der Waals surface area contributed by atoms with Crippen molar-refractivity contribution in [3.63, 3.8) is 0 Å². The second-order valence-corrected chi connectivity index (χ2v) is 4.63. The van der Waals surface area contributed by atoms with E-state index >= 15 is 0 Å². The summed E-state index contributed by atoms with van der Waals surface area (Å²) in [6.45, 7) is 2.08. The van der Waals surface area contributed by atoms with Crippen molar-refractivity contribution in [2.75, 3.05) is 0 Å². The van der Waals surface area contributed by atoms with Crippen LogP contribution in [0, 0.1) is 18.3 Å². The third-order valence-electron chi connectivity index (χ3n) is 2.21. The molecule has 0 aliphatic carbocycles. The number of nitriles is 1. The van der Waals surface area contributed by atoms with Crippen LogP contribution >= 0.6 is 11.8 Å².